The zero-order chi connectivity index (χ0) is 14.8. The van der Waals surface area contributed by atoms with Crippen molar-refractivity contribution in [3.63, 3.8) is 0 Å². The number of hydrogen-bond donors (Lipinski definition) is 2. The van der Waals surface area contributed by atoms with Crippen molar-refractivity contribution in [1.29, 1.82) is 0 Å². The van der Waals surface area contributed by atoms with Gasteiger partial charge in [0.15, 0.2) is 0 Å². The molecule has 1 aliphatic rings. The standard InChI is InChI=1S/C13H17F3N2OS/c1-2-20-10-5-6-12(10,19)8-18-11-9(13(14,15)16)4-3-7-17-11/h3-4,7,10,19H,2,5-6,8H2,1H3,(H,17,18). The Morgan fingerprint density at radius 1 is 1.55 bits per heavy atom. The predicted octanol–water partition coefficient (Wildman–Crippen LogP) is 3.16. The Bertz CT molecular complexity index is 469. The second-order valence-electron chi connectivity index (χ2n) is 4.84. The monoisotopic (exact) mass is 306 g/mol. The van der Waals surface area contributed by atoms with Crippen LogP contribution in [0.5, 0.6) is 0 Å². The highest BCUT2D eigenvalue weighted by molar-refractivity contribution is 8.00. The quantitative estimate of drug-likeness (QED) is 0.877. The number of aromatic nitrogens is 1. The molecular weight excluding hydrogens is 289 g/mol. The number of pyridine rings is 1. The Hall–Kier alpha value is -0.950. The van der Waals surface area contributed by atoms with E-state index in [4.69, 9.17) is 0 Å². The minimum atomic E-state index is -4.45. The first-order valence-corrected chi connectivity index (χ1v) is 7.52. The van der Waals surface area contributed by atoms with Gasteiger partial charge < -0.3 is 10.4 Å². The summed E-state index contributed by atoms with van der Waals surface area (Å²) in [6.45, 7) is 2.09. The van der Waals surface area contributed by atoms with Gasteiger partial charge in [0, 0.05) is 18.0 Å². The lowest BCUT2D eigenvalue weighted by Crippen LogP contribution is -2.54. The number of nitrogens with one attached hydrogen (secondary N) is 1. The molecule has 3 nitrogen and oxygen atoms in total. The number of aliphatic hydroxyl groups is 1. The molecule has 2 N–H and O–H groups in total. The Labute approximate surface area is 120 Å². The van der Waals surface area contributed by atoms with Crippen molar-refractivity contribution in [2.45, 2.75) is 36.8 Å². The zero-order valence-corrected chi connectivity index (χ0v) is 11.9. The lowest BCUT2D eigenvalue weighted by atomic mass is 9.79. The van der Waals surface area contributed by atoms with Crippen LogP contribution in [0.2, 0.25) is 0 Å². The van der Waals surface area contributed by atoms with Crippen LogP contribution in [-0.2, 0) is 6.18 Å². The number of thioether (sulfide) groups is 1. The number of anilines is 1. The predicted molar refractivity (Wildman–Crippen MR) is 73.8 cm³/mol. The SMILES string of the molecule is CCSC1CCC1(O)CNc1ncccc1C(F)(F)F. The molecule has 1 saturated carbocycles. The summed E-state index contributed by atoms with van der Waals surface area (Å²) in [6, 6.07) is 2.24. The summed E-state index contributed by atoms with van der Waals surface area (Å²) in [5.74, 6) is 0.658. The van der Waals surface area contributed by atoms with E-state index in [1.807, 2.05) is 6.92 Å². The molecule has 0 aromatic carbocycles. The third kappa shape index (κ3) is 3.20. The molecule has 0 saturated heterocycles. The average molecular weight is 306 g/mol. The maximum absolute atomic E-state index is 12.8. The van der Waals surface area contributed by atoms with Crippen molar-refractivity contribution in [2.24, 2.45) is 0 Å². The van der Waals surface area contributed by atoms with Gasteiger partial charge in [-0.2, -0.15) is 24.9 Å². The van der Waals surface area contributed by atoms with Crippen LogP contribution in [-0.4, -0.2) is 33.2 Å². The molecule has 0 radical (unpaired) electrons. The number of nitrogens with zero attached hydrogens (tertiary/aromatic N) is 1. The van der Waals surface area contributed by atoms with Crippen molar-refractivity contribution < 1.29 is 18.3 Å². The number of halogens is 3. The van der Waals surface area contributed by atoms with Gasteiger partial charge in [0.1, 0.15) is 5.82 Å². The topological polar surface area (TPSA) is 45.1 Å². The second-order valence-corrected chi connectivity index (χ2v) is 6.32. The first-order valence-electron chi connectivity index (χ1n) is 6.47. The Morgan fingerprint density at radius 3 is 2.85 bits per heavy atom. The highest BCUT2D eigenvalue weighted by atomic mass is 32.2. The Morgan fingerprint density at radius 2 is 2.30 bits per heavy atom. The van der Waals surface area contributed by atoms with Gasteiger partial charge in [-0.05, 0) is 30.7 Å². The number of hydrogen-bond acceptors (Lipinski definition) is 4. The van der Waals surface area contributed by atoms with Gasteiger partial charge in [0.25, 0.3) is 0 Å². The lowest BCUT2D eigenvalue weighted by molar-refractivity contribution is -0.137. The van der Waals surface area contributed by atoms with Crippen LogP contribution < -0.4 is 5.32 Å². The Balaban J connectivity index is 2.05. The third-order valence-corrected chi connectivity index (χ3v) is 4.89. The van der Waals surface area contributed by atoms with Gasteiger partial charge in [0.05, 0.1) is 11.2 Å². The molecule has 20 heavy (non-hydrogen) atoms. The van der Waals surface area contributed by atoms with Crippen molar-refractivity contribution in [1.82, 2.24) is 4.98 Å². The minimum absolute atomic E-state index is 0.0815. The smallest absolute Gasteiger partial charge is 0.387 e. The molecule has 1 heterocycles. The van der Waals surface area contributed by atoms with Crippen LogP contribution in [0.1, 0.15) is 25.3 Å². The lowest BCUT2D eigenvalue weighted by Gasteiger charge is -2.45. The fraction of sp³-hybridized carbons (Fsp3) is 0.615. The van der Waals surface area contributed by atoms with E-state index in [9.17, 15) is 18.3 Å². The van der Waals surface area contributed by atoms with Crippen LogP contribution in [0.4, 0.5) is 19.0 Å². The molecule has 2 unspecified atom stereocenters. The Kier molecular flexibility index (Phi) is 4.49. The summed E-state index contributed by atoms with van der Waals surface area (Å²) in [6.07, 6.45) is -1.64. The van der Waals surface area contributed by atoms with Gasteiger partial charge >= 0.3 is 6.18 Å². The maximum Gasteiger partial charge on any atom is 0.419 e. The second kappa shape index (κ2) is 5.81. The van der Waals surface area contributed by atoms with Gasteiger partial charge in [-0.15, -0.1) is 0 Å². The van der Waals surface area contributed by atoms with Gasteiger partial charge in [-0.25, -0.2) is 4.98 Å². The number of rotatable bonds is 5. The highest BCUT2D eigenvalue weighted by Gasteiger charge is 2.45. The van der Waals surface area contributed by atoms with E-state index in [1.165, 1.54) is 12.3 Å². The third-order valence-electron chi connectivity index (χ3n) is 3.48. The van der Waals surface area contributed by atoms with Crippen molar-refractivity contribution in [3.8, 4) is 0 Å². The van der Waals surface area contributed by atoms with Gasteiger partial charge in [0.2, 0.25) is 0 Å². The van der Waals surface area contributed by atoms with Gasteiger partial charge in [-0.3, -0.25) is 0 Å². The molecule has 2 rings (SSSR count). The molecule has 1 fully saturated rings. The van der Waals surface area contributed by atoms with E-state index >= 15 is 0 Å². The van der Waals surface area contributed by atoms with Crippen molar-refractivity contribution >= 4 is 17.6 Å². The summed E-state index contributed by atoms with van der Waals surface area (Å²) >= 11 is 1.64. The molecule has 1 aromatic rings. The fourth-order valence-corrected chi connectivity index (χ4v) is 3.45. The highest BCUT2D eigenvalue weighted by Crippen LogP contribution is 2.41. The van der Waals surface area contributed by atoms with E-state index in [0.717, 1.165) is 18.2 Å². The molecule has 112 valence electrons. The molecule has 0 spiro atoms. The molecule has 0 bridgehead atoms. The molecule has 1 aromatic heterocycles. The molecular formula is C13H17F3N2OS. The molecule has 0 amide bonds. The summed E-state index contributed by atoms with van der Waals surface area (Å²) < 4.78 is 38.4. The van der Waals surface area contributed by atoms with Crippen LogP contribution in [0.15, 0.2) is 18.3 Å². The van der Waals surface area contributed by atoms with Crippen molar-refractivity contribution in [2.75, 3.05) is 17.6 Å². The van der Waals surface area contributed by atoms with E-state index in [0.29, 0.717) is 6.42 Å². The van der Waals surface area contributed by atoms with Crippen LogP contribution in [0.3, 0.4) is 0 Å². The van der Waals surface area contributed by atoms with Crippen LogP contribution in [0.25, 0.3) is 0 Å². The zero-order valence-electron chi connectivity index (χ0n) is 11.1. The van der Waals surface area contributed by atoms with E-state index in [1.54, 1.807) is 11.8 Å². The molecule has 7 heteroatoms. The van der Waals surface area contributed by atoms with E-state index < -0.39 is 17.3 Å². The first-order chi connectivity index (χ1) is 9.37. The summed E-state index contributed by atoms with van der Waals surface area (Å²) in [5.41, 5.74) is -1.75. The minimum Gasteiger partial charge on any atom is -0.387 e. The summed E-state index contributed by atoms with van der Waals surface area (Å²) in [4.78, 5) is 3.73. The molecule has 1 aliphatic carbocycles. The molecule has 0 aliphatic heterocycles. The molecule has 2 atom stereocenters. The summed E-state index contributed by atoms with van der Waals surface area (Å²) in [7, 11) is 0. The van der Waals surface area contributed by atoms with Crippen molar-refractivity contribution in [3.05, 3.63) is 23.9 Å². The summed E-state index contributed by atoms with van der Waals surface area (Å²) in [5, 5.41) is 13.1. The fourth-order valence-electron chi connectivity index (χ4n) is 2.25. The van der Waals surface area contributed by atoms with E-state index in [2.05, 4.69) is 10.3 Å². The van der Waals surface area contributed by atoms with Crippen LogP contribution in [0, 0.1) is 0 Å². The van der Waals surface area contributed by atoms with Gasteiger partial charge in [-0.1, -0.05) is 6.92 Å². The normalized spacial score (nSPS) is 26.1. The largest absolute Gasteiger partial charge is 0.419 e. The average Bonchev–Trinajstić information content (AvgIpc) is 2.40. The number of alkyl halides is 3. The van der Waals surface area contributed by atoms with Crippen LogP contribution >= 0.6 is 11.8 Å². The van der Waals surface area contributed by atoms with E-state index in [-0.39, 0.29) is 17.6 Å². The first kappa shape index (κ1) is 15.4. The maximum atomic E-state index is 12.8.